The monoisotopic (exact) mass is 425 g/mol. The van der Waals surface area contributed by atoms with E-state index in [1.165, 1.54) is 6.42 Å². The number of nitrogens with zero attached hydrogens (tertiary/aromatic N) is 2. The number of carboxylic acid groups (broad SMARTS) is 1. The maximum atomic E-state index is 10.6. The minimum absolute atomic E-state index is 0.493. The van der Waals surface area contributed by atoms with E-state index in [1.807, 2.05) is 6.07 Å². The Bertz CT molecular complexity index is 778. The first-order valence-electron chi connectivity index (χ1n) is 7.95. The van der Waals surface area contributed by atoms with E-state index in [9.17, 15) is 13.2 Å². The van der Waals surface area contributed by atoms with Gasteiger partial charge in [0.25, 0.3) is 0 Å². The molecular weight excluding hydrogens is 410 g/mol. The van der Waals surface area contributed by atoms with Gasteiger partial charge < -0.3 is 14.9 Å². The molecule has 0 aliphatic carbocycles. The number of alkyl halides is 3. The van der Waals surface area contributed by atoms with Crippen molar-refractivity contribution in [2.45, 2.75) is 25.4 Å². The van der Waals surface area contributed by atoms with Crippen LogP contribution in [0.3, 0.4) is 0 Å². The molecule has 148 valence electrons. The third-order valence-electron chi connectivity index (χ3n) is 3.82. The number of rotatable bonds is 4. The molecule has 0 radical (unpaired) electrons. The first-order chi connectivity index (χ1) is 12.7. The van der Waals surface area contributed by atoms with Crippen LogP contribution in [0.15, 0.2) is 22.7 Å². The Hall–Kier alpha value is -1.84. The Labute approximate surface area is 162 Å². The third kappa shape index (κ3) is 6.67. The molecule has 1 aliphatic heterocycles. The largest absolute Gasteiger partial charge is 0.490 e. The zero-order valence-corrected chi connectivity index (χ0v) is 15.4. The first kappa shape index (κ1) is 21.5. The van der Waals surface area contributed by atoms with Gasteiger partial charge in [-0.1, -0.05) is 28.4 Å². The van der Waals surface area contributed by atoms with Crippen LogP contribution in [-0.2, 0) is 11.2 Å². The minimum Gasteiger partial charge on any atom is -0.475 e. The van der Waals surface area contributed by atoms with Gasteiger partial charge in [-0.25, -0.2) is 4.79 Å². The first-order valence-corrected chi connectivity index (χ1v) is 8.71. The molecule has 1 unspecified atom stereocenters. The Morgan fingerprint density at radius 1 is 1.33 bits per heavy atom. The van der Waals surface area contributed by atoms with Crippen molar-refractivity contribution >= 4 is 29.2 Å². The molecule has 1 saturated heterocycles. The fourth-order valence-electron chi connectivity index (χ4n) is 2.40. The smallest absolute Gasteiger partial charge is 0.475 e. The number of aromatic nitrogens is 2. The molecule has 0 saturated carbocycles. The highest BCUT2D eigenvalue weighted by molar-refractivity contribution is 6.42. The van der Waals surface area contributed by atoms with Gasteiger partial charge in [-0.2, -0.15) is 18.2 Å². The van der Waals surface area contributed by atoms with Crippen LogP contribution in [0.25, 0.3) is 11.4 Å². The van der Waals surface area contributed by atoms with Crippen molar-refractivity contribution in [1.29, 1.82) is 0 Å². The molecule has 1 aliphatic rings. The standard InChI is InChI=1S/C14H15Cl2N3O.C2HF3O2/c15-11-3-2-10(7-12(11)16)14-18-13(20-19-14)4-1-9-5-6-17-8-9;3-2(4,5)1(6)7/h2-3,7,9,17H,1,4-6,8H2;(H,6,7). The highest BCUT2D eigenvalue weighted by Crippen LogP contribution is 2.27. The second-order valence-electron chi connectivity index (χ2n) is 5.84. The highest BCUT2D eigenvalue weighted by atomic mass is 35.5. The van der Waals surface area contributed by atoms with E-state index in [2.05, 4.69) is 15.5 Å². The Kier molecular flexibility index (Phi) is 7.46. The molecule has 0 amide bonds. The van der Waals surface area contributed by atoms with Crippen molar-refractivity contribution < 1.29 is 27.6 Å². The average molecular weight is 426 g/mol. The van der Waals surface area contributed by atoms with E-state index in [4.69, 9.17) is 37.6 Å². The van der Waals surface area contributed by atoms with E-state index in [1.54, 1.807) is 12.1 Å². The molecule has 2 aromatic rings. The van der Waals surface area contributed by atoms with Crippen LogP contribution in [0, 0.1) is 5.92 Å². The molecule has 1 atom stereocenters. The van der Waals surface area contributed by atoms with Crippen LogP contribution in [0.5, 0.6) is 0 Å². The topological polar surface area (TPSA) is 88.3 Å². The maximum Gasteiger partial charge on any atom is 0.490 e. The summed E-state index contributed by atoms with van der Waals surface area (Å²) in [6.45, 7) is 2.21. The molecule has 11 heteroatoms. The van der Waals surface area contributed by atoms with Crippen molar-refractivity contribution in [1.82, 2.24) is 15.5 Å². The zero-order valence-electron chi connectivity index (χ0n) is 13.9. The molecule has 6 nitrogen and oxygen atoms in total. The normalized spacial score (nSPS) is 16.7. The number of hydrogen-bond donors (Lipinski definition) is 2. The van der Waals surface area contributed by atoms with Crippen molar-refractivity contribution in [3.05, 3.63) is 34.1 Å². The van der Waals surface area contributed by atoms with Gasteiger partial charge >= 0.3 is 12.1 Å². The summed E-state index contributed by atoms with van der Waals surface area (Å²) in [5.74, 6) is -0.802. The van der Waals surface area contributed by atoms with Crippen molar-refractivity contribution in [2.24, 2.45) is 5.92 Å². The fraction of sp³-hybridized carbons (Fsp3) is 0.438. The molecule has 3 rings (SSSR count). The predicted molar refractivity (Wildman–Crippen MR) is 92.7 cm³/mol. The number of carbonyl (C=O) groups is 1. The van der Waals surface area contributed by atoms with Gasteiger partial charge in [-0.15, -0.1) is 0 Å². The number of nitrogens with one attached hydrogen (secondary N) is 1. The zero-order chi connectivity index (χ0) is 20.0. The Balaban J connectivity index is 0.000000321. The molecule has 1 aromatic carbocycles. The van der Waals surface area contributed by atoms with Crippen LogP contribution in [0.2, 0.25) is 10.0 Å². The number of aliphatic carboxylic acids is 1. The lowest BCUT2D eigenvalue weighted by molar-refractivity contribution is -0.192. The van der Waals surface area contributed by atoms with Gasteiger partial charge in [0, 0.05) is 12.0 Å². The summed E-state index contributed by atoms with van der Waals surface area (Å²) in [4.78, 5) is 13.3. The van der Waals surface area contributed by atoms with Crippen LogP contribution in [-0.4, -0.2) is 40.5 Å². The van der Waals surface area contributed by atoms with Gasteiger partial charge in [-0.05, 0) is 50.0 Å². The van der Waals surface area contributed by atoms with Crippen molar-refractivity contribution in [2.75, 3.05) is 13.1 Å². The van der Waals surface area contributed by atoms with Crippen LogP contribution < -0.4 is 5.32 Å². The molecule has 2 heterocycles. The molecule has 0 spiro atoms. The Morgan fingerprint density at radius 2 is 2.04 bits per heavy atom. The lowest BCUT2D eigenvalue weighted by Gasteiger charge is -2.03. The molecular formula is C16H16Cl2F3N3O3. The average Bonchev–Trinajstić information content (AvgIpc) is 3.26. The van der Waals surface area contributed by atoms with E-state index in [0.717, 1.165) is 37.4 Å². The van der Waals surface area contributed by atoms with Gasteiger partial charge in [0.05, 0.1) is 10.0 Å². The molecule has 2 N–H and O–H groups in total. The van der Waals surface area contributed by atoms with E-state index < -0.39 is 12.1 Å². The van der Waals surface area contributed by atoms with Gasteiger partial charge in [-0.3, -0.25) is 0 Å². The number of benzene rings is 1. The SMILES string of the molecule is Clc1ccc(-c2noc(CCC3CCNC3)n2)cc1Cl.O=C(O)C(F)(F)F. The number of aryl methyl sites for hydroxylation is 1. The van der Waals surface area contributed by atoms with E-state index in [-0.39, 0.29) is 0 Å². The minimum atomic E-state index is -5.08. The maximum absolute atomic E-state index is 10.6. The van der Waals surface area contributed by atoms with Gasteiger partial charge in [0.15, 0.2) is 0 Å². The summed E-state index contributed by atoms with van der Waals surface area (Å²) < 4.78 is 37.0. The van der Waals surface area contributed by atoms with Crippen LogP contribution in [0.1, 0.15) is 18.7 Å². The highest BCUT2D eigenvalue weighted by Gasteiger charge is 2.38. The number of hydrogen-bond acceptors (Lipinski definition) is 5. The van der Waals surface area contributed by atoms with Crippen molar-refractivity contribution in [3.63, 3.8) is 0 Å². The predicted octanol–water partition coefficient (Wildman–Crippen LogP) is 4.22. The lowest BCUT2D eigenvalue weighted by Crippen LogP contribution is -2.21. The summed E-state index contributed by atoms with van der Waals surface area (Å²) in [6, 6.07) is 5.32. The van der Waals surface area contributed by atoms with Crippen LogP contribution >= 0.6 is 23.2 Å². The Morgan fingerprint density at radius 3 is 2.59 bits per heavy atom. The van der Waals surface area contributed by atoms with Gasteiger partial charge in [0.1, 0.15) is 0 Å². The molecule has 1 fully saturated rings. The number of halogens is 5. The molecule has 27 heavy (non-hydrogen) atoms. The van der Waals surface area contributed by atoms with Crippen molar-refractivity contribution in [3.8, 4) is 11.4 Å². The summed E-state index contributed by atoms with van der Waals surface area (Å²) >= 11 is 11.9. The summed E-state index contributed by atoms with van der Waals surface area (Å²) in [5, 5.41) is 15.5. The quantitative estimate of drug-likeness (QED) is 0.762. The van der Waals surface area contributed by atoms with Crippen LogP contribution in [0.4, 0.5) is 13.2 Å². The summed E-state index contributed by atoms with van der Waals surface area (Å²) in [6.07, 6.45) is -1.95. The number of carboxylic acids is 1. The second-order valence-corrected chi connectivity index (χ2v) is 6.66. The lowest BCUT2D eigenvalue weighted by atomic mass is 10.0. The van der Waals surface area contributed by atoms with E-state index >= 15 is 0 Å². The second kappa shape index (κ2) is 9.38. The van der Waals surface area contributed by atoms with E-state index in [0.29, 0.717) is 21.8 Å². The molecule has 0 bridgehead atoms. The van der Waals surface area contributed by atoms with Gasteiger partial charge in [0.2, 0.25) is 11.7 Å². The summed E-state index contributed by atoms with van der Waals surface area (Å²) in [5.41, 5.74) is 0.817. The summed E-state index contributed by atoms with van der Waals surface area (Å²) in [7, 11) is 0. The third-order valence-corrected chi connectivity index (χ3v) is 4.56. The molecule has 1 aromatic heterocycles. The fourth-order valence-corrected chi connectivity index (χ4v) is 2.70.